The molecule has 0 spiro atoms. The van der Waals surface area contributed by atoms with Gasteiger partial charge in [0.1, 0.15) is 0 Å². The monoisotopic (exact) mass is 606 g/mol. The fourth-order valence-electron chi connectivity index (χ4n) is 6.31. The first-order chi connectivity index (χ1) is 22.9. The van der Waals surface area contributed by atoms with Crippen molar-refractivity contribution in [3.8, 4) is 51.0 Å². The molecule has 0 saturated carbocycles. The van der Waals surface area contributed by atoms with E-state index in [1.807, 2.05) is 60.7 Å². The van der Waals surface area contributed by atoms with Crippen molar-refractivity contribution in [3.05, 3.63) is 157 Å². The standard InChI is InChI=1S/C43H34N4/c1-43(2,3)34-24-21-29(22-25-34)32-23-26-37-36-19-10-11-20-38(36)47(39(37)28-32)35-18-12-17-33(27-35)42-45-40(30-13-6-4-7-14-30)44-41(46-42)31-15-8-5-9-16-31/h4-28H,1-3H3. The molecule has 4 heteroatoms. The molecule has 8 rings (SSSR count). The quantitative estimate of drug-likeness (QED) is 0.196. The Morgan fingerprint density at radius 2 is 0.936 bits per heavy atom. The Morgan fingerprint density at radius 3 is 1.57 bits per heavy atom. The molecular weight excluding hydrogens is 573 g/mol. The molecule has 0 saturated heterocycles. The van der Waals surface area contributed by atoms with E-state index in [1.54, 1.807) is 0 Å². The van der Waals surface area contributed by atoms with Crippen LogP contribution in [0.15, 0.2) is 152 Å². The highest BCUT2D eigenvalue weighted by molar-refractivity contribution is 6.10. The van der Waals surface area contributed by atoms with Crippen LogP contribution in [-0.2, 0) is 5.41 Å². The largest absolute Gasteiger partial charge is 0.309 e. The minimum atomic E-state index is 0.113. The molecule has 0 fully saturated rings. The number of hydrogen-bond acceptors (Lipinski definition) is 3. The lowest BCUT2D eigenvalue weighted by molar-refractivity contribution is 0.590. The van der Waals surface area contributed by atoms with Crippen LogP contribution in [0.3, 0.4) is 0 Å². The number of benzene rings is 6. The van der Waals surface area contributed by atoms with Gasteiger partial charge in [0, 0.05) is 33.2 Å². The third kappa shape index (κ3) is 5.38. The van der Waals surface area contributed by atoms with Gasteiger partial charge in [-0.1, -0.05) is 148 Å². The van der Waals surface area contributed by atoms with Crippen molar-refractivity contribution in [3.63, 3.8) is 0 Å². The normalized spacial score (nSPS) is 11.7. The van der Waals surface area contributed by atoms with Gasteiger partial charge in [0.2, 0.25) is 0 Å². The van der Waals surface area contributed by atoms with Gasteiger partial charge >= 0.3 is 0 Å². The lowest BCUT2D eigenvalue weighted by atomic mass is 9.86. The molecular formula is C43H34N4. The molecule has 2 heterocycles. The number of rotatable bonds is 5. The minimum Gasteiger partial charge on any atom is -0.309 e. The molecule has 0 aliphatic carbocycles. The van der Waals surface area contributed by atoms with Crippen molar-refractivity contribution >= 4 is 21.8 Å². The van der Waals surface area contributed by atoms with Gasteiger partial charge in [-0.05, 0) is 46.4 Å². The number of nitrogens with zero attached hydrogens (tertiary/aromatic N) is 4. The molecule has 47 heavy (non-hydrogen) atoms. The van der Waals surface area contributed by atoms with Crippen molar-refractivity contribution in [2.45, 2.75) is 26.2 Å². The number of hydrogen-bond donors (Lipinski definition) is 0. The van der Waals surface area contributed by atoms with Gasteiger partial charge in [-0.3, -0.25) is 0 Å². The van der Waals surface area contributed by atoms with Crippen molar-refractivity contribution < 1.29 is 0 Å². The van der Waals surface area contributed by atoms with E-state index >= 15 is 0 Å². The number of para-hydroxylation sites is 1. The van der Waals surface area contributed by atoms with Gasteiger partial charge in [-0.15, -0.1) is 0 Å². The Balaban J connectivity index is 1.29. The Hall–Kier alpha value is -5.87. The van der Waals surface area contributed by atoms with Gasteiger partial charge in [-0.25, -0.2) is 15.0 Å². The van der Waals surface area contributed by atoms with Crippen LogP contribution in [0.2, 0.25) is 0 Å². The van der Waals surface area contributed by atoms with E-state index < -0.39 is 0 Å². The van der Waals surface area contributed by atoms with Crippen LogP contribution in [0.25, 0.3) is 72.8 Å². The summed E-state index contributed by atoms with van der Waals surface area (Å²) in [7, 11) is 0. The molecule has 0 bridgehead atoms. The SMILES string of the molecule is CC(C)(C)c1ccc(-c2ccc3c4ccccc4n(-c4cccc(-c5nc(-c6ccccc6)nc(-c6ccccc6)n5)c4)c3c2)cc1. The second-order valence-corrected chi connectivity index (χ2v) is 13.0. The Kier molecular flexibility index (Phi) is 6.99. The van der Waals surface area contributed by atoms with Crippen LogP contribution >= 0.6 is 0 Å². The molecule has 0 aliphatic heterocycles. The van der Waals surface area contributed by atoms with Crippen LogP contribution in [0.1, 0.15) is 26.3 Å². The third-order valence-electron chi connectivity index (χ3n) is 8.82. The van der Waals surface area contributed by atoms with E-state index in [0.29, 0.717) is 17.5 Å². The number of aromatic nitrogens is 4. The number of fused-ring (bicyclic) bond motifs is 3. The Labute approximate surface area is 275 Å². The molecule has 0 aliphatic rings. The van der Waals surface area contributed by atoms with Crippen LogP contribution < -0.4 is 0 Å². The maximum atomic E-state index is 4.99. The zero-order chi connectivity index (χ0) is 32.0. The van der Waals surface area contributed by atoms with E-state index in [-0.39, 0.29) is 5.41 Å². The zero-order valence-corrected chi connectivity index (χ0v) is 26.7. The van der Waals surface area contributed by atoms with E-state index in [0.717, 1.165) is 33.4 Å². The third-order valence-corrected chi connectivity index (χ3v) is 8.82. The highest BCUT2D eigenvalue weighted by Gasteiger charge is 2.17. The average molecular weight is 607 g/mol. The summed E-state index contributed by atoms with van der Waals surface area (Å²) in [4.78, 5) is 14.9. The fourth-order valence-corrected chi connectivity index (χ4v) is 6.31. The van der Waals surface area contributed by atoms with Gasteiger partial charge in [-0.2, -0.15) is 0 Å². The summed E-state index contributed by atoms with van der Waals surface area (Å²) in [5.74, 6) is 1.94. The molecule has 226 valence electrons. The van der Waals surface area contributed by atoms with Crippen LogP contribution in [0, 0.1) is 0 Å². The summed E-state index contributed by atoms with van der Waals surface area (Å²) in [6.45, 7) is 6.76. The van der Waals surface area contributed by atoms with E-state index in [4.69, 9.17) is 15.0 Å². The molecule has 8 aromatic rings. The molecule has 0 unspecified atom stereocenters. The molecule has 0 atom stereocenters. The summed E-state index contributed by atoms with van der Waals surface area (Å²) in [5, 5.41) is 2.44. The van der Waals surface area contributed by atoms with Crippen LogP contribution in [0.5, 0.6) is 0 Å². The highest BCUT2D eigenvalue weighted by Crippen LogP contribution is 2.36. The fraction of sp³-hybridized carbons (Fsp3) is 0.0930. The first-order valence-corrected chi connectivity index (χ1v) is 16.0. The maximum Gasteiger partial charge on any atom is 0.164 e. The lowest BCUT2D eigenvalue weighted by Crippen LogP contribution is -2.10. The Morgan fingerprint density at radius 1 is 0.404 bits per heavy atom. The van der Waals surface area contributed by atoms with Gasteiger partial charge in [0.15, 0.2) is 17.5 Å². The van der Waals surface area contributed by atoms with Crippen molar-refractivity contribution in [1.82, 2.24) is 19.5 Å². The summed E-state index contributed by atoms with van der Waals surface area (Å²) in [5.41, 5.74) is 10.0. The Bertz CT molecular complexity index is 2310. The molecule has 0 N–H and O–H groups in total. The van der Waals surface area contributed by atoms with Crippen LogP contribution in [0.4, 0.5) is 0 Å². The van der Waals surface area contributed by atoms with Crippen molar-refractivity contribution in [2.75, 3.05) is 0 Å². The van der Waals surface area contributed by atoms with Gasteiger partial charge in [0.05, 0.1) is 11.0 Å². The molecule has 0 radical (unpaired) electrons. The molecule has 6 aromatic carbocycles. The maximum absolute atomic E-state index is 4.99. The van der Waals surface area contributed by atoms with Crippen molar-refractivity contribution in [2.24, 2.45) is 0 Å². The van der Waals surface area contributed by atoms with Crippen LogP contribution in [-0.4, -0.2) is 19.5 Å². The predicted molar refractivity (Wildman–Crippen MR) is 195 cm³/mol. The van der Waals surface area contributed by atoms with E-state index in [9.17, 15) is 0 Å². The second kappa shape index (κ2) is 11.5. The molecule has 0 amide bonds. The van der Waals surface area contributed by atoms with Gasteiger partial charge in [0.25, 0.3) is 0 Å². The first kappa shape index (κ1) is 28.6. The van der Waals surface area contributed by atoms with E-state index in [1.165, 1.54) is 27.5 Å². The summed E-state index contributed by atoms with van der Waals surface area (Å²) < 4.78 is 2.36. The summed E-state index contributed by atoms with van der Waals surface area (Å²) in [6.07, 6.45) is 0. The zero-order valence-electron chi connectivity index (χ0n) is 26.7. The van der Waals surface area contributed by atoms with E-state index in [2.05, 4.69) is 116 Å². The minimum absolute atomic E-state index is 0.113. The topological polar surface area (TPSA) is 43.6 Å². The van der Waals surface area contributed by atoms with Crippen molar-refractivity contribution in [1.29, 1.82) is 0 Å². The smallest absolute Gasteiger partial charge is 0.164 e. The highest BCUT2D eigenvalue weighted by atomic mass is 15.0. The average Bonchev–Trinajstić information content (AvgIpc) is 3.45. The summed E-state index contributed by atoms with van der Waals surface area (Å²) in [6, 6.07) is 53.2. The summed E-state index contributed by atoms with van der Waals surface area (Å²) >= 11 is 0. The van der Waals surface area contributed by atoms with Gasteiger partial charge < -0.3 is 4.57 Å². The molecule has 2 aromatic heterocycles. The molecule has 4 nitrogen and oxygen atoms in total. The second-order valence-electron chi connectivity index (χ2n) is 13.0. The predicted octanol–water partition coefficient (Wildman–Crippen LogP) is 10.9. The lowest BCUT2D eigenvalue weighted by Gasteiger charge is -2.19. The first-order valence-electron chi connectivity index (χ1n) is 16.0.